The number of benzene rings is 1. The molecular formula is C18H26N2O4. The van der Waals surface area contributed by atoms with Gasteiger partial charge in [-0.2, -0.15) is 0 Å². The predicted octanol–water partition coefficient (Wildman–Crippen LogP) is 3.53. The lowest BCUT2D eigenvalue weighted by Gasteiger charge is -2.26. The molecule has 1 atom stereocenters. The van der Waals surface area contributed by atoms with Crippen molar-refractivity contribution in [2.24, 2.45) is 4.99 Å². The summed E-state index contributed by atoms with van der Waals surface area (Å²) in [5.74, 6) is -1.07. The third-order valence-electron chi connectivity index (χ3n) is 3.12. The van der Waals surface area contributed by atoms with Crippen molar-refractivity contribution < 1.29 is 19.4 Å². The van der Waals surface area contributed by atoms with Gasteiger partial charge in [0.15, 0.2) is 0 Å². The van der Waals surface area contributed by atoms with Gasteiger partial charge in [-0.15, -0.1) is 0 Å². The molecule has 0 spiro atoms. The van der Waals surface area contributed by atoms with Crippen LogP contribution in [-0.2, 0) is 9.53 Å². The van der Waals surface area contributed by atoms with Crippen molar-refractivity contribution in [3.63, 3.8) is 0 Å². The summed E-state index contributed by atoms with van der Waals surface area (Å²) >= 11 is 0. The zero-order chi connectivity index (χ0) is 18.2. The number of carbonyl (C=O) groups excluding carboxylic acids is 1. The van der Waals surface area contributed by atoms with E-state index in [1.165, 1.54) is 4.90 Å². The summed E-state index contributed by atoms with van der Waals surface area (Å²) in [7, 11) is 0. The first-order valence-electron chi connectivity index (χ1n) is 7.95. The predicted molar refractivity (Wildman–Crippen MR) is 93.4 cm³/mol. The third-order valence-corrected chi connectivity index (χ3v) is 3.12. The van der Waals surface area contributed by atoms with Gasteiger partial charge in [0.05, 0.1) is 6.04 Å². The largest absolute Gasteiger partial charge is 0.480 e. The number of hydrogen-bond donors (Lipinski definition) is 1. The average molecular weight is 334 g/mol. The minimum atomic E-state index is -1.07. The Hall–Kier alpha value is -2.37. The van der Waals surface area contributed by atoms with Gasteiger partial charge in [0.2, 0.25) is 0 Å². The minimum absolute atomic E-state index is 0.0145. The van der Waals surface area contributed by atoms with Crippen LogP contribution in [0.3, 0.4) is 0 Å². The van der Waals surface area contributed by atoms with Crippen molar-refractivity contribution in [1.82, 2.24) is 4.90 Å². The maximum absolute atomic E-state index is 12.0. The zero-order valence-corrected chi connectivity index (χ0v) is 14.7. The summed E-state index contributed by atoms with van der Waals surface area (Å²) in [6.07, 6.45) is 1.55. The second kappa shape index (κ2) is 9.05. The Morgan fingerprint density at radius 3 is 2.46 bits per heavy atom. The first kappa shape index (κ1) is 19.7. The van der Waals surface area contributed by atoms with E-state index in [0.717, 1.165) is 5.56 Å². The highest BCUT2D eigenvalue weighted by Crippen LogP contribution is 2.15. The lowest BCUT2D eigenvalue weighted by Crippen LogP contribution is -2.40. The van der Waals surface area contributed by atoms with Gasteiger partial charge >= 0.3 is 12.1 Å². The van der Waals surface area contributed by atoms with Crippen LogP contribution < -0.4 is 0 Å². The highest BCUT2D eigenvalue weighted by molar-refractivity contribution is 5.77. The summed E-state index contributed by atoms with van der Waals surface area (Å²) in [5, 5.41) is 8.94. The van der Waals surface area contributed by atoms with Gasteiger partial charge in [-0.25, -0.2) is 4.79 Å². The van der Waals surface area contributed by atoms with E-state index in [0.29, 0.717) is 6.42 Å². The number of aliphatic imine (C=N–C) groups is 1. The molecule has 1 aromatic carbocycles. The number of amides is 1. The van der Waals surface area contributed by atoms with Crippen LogP contribution in [0.4, 0.5) is 4.79 Å². The van der Waals surface area contributed by atoms with Gasteiger partial charge < -0.3 is 9.84 Å². The van der Waals surface area contributed by atoms with Crippen LogP contribution in [0.1, 0.15) is 45.7 Å². The van der Waals surface area contributed by atoms with Gasteiger partial charge in [-0.1, -0.05) is 30.3 Å². The van der Waals surface area contributed by atoms with E-state index >= 15 is 0 Å². The maximum atomic E-state index is 12.0. The lowest BCUT2D eigenvalue weighted by molar-refractivity contribution is -0.138. The Kier molecular flexibility index (Phi) is 7.42. The molecule has 0 fully saturated rings. The van der Waals surface area contributed by atoms with E-state index in [9.17, 15) is 9.59 Å². The van der Waals surface area contributed by atoms with Crippen molar-refractivity contribution in [3.05, 3.63) is 35.9 Å². The van der Waals surface area contributed by atoms with Gasteiger partial charge in [0, 0.05) is 19.2 Å². The molecule has 6 nitrogen and oxygen atoms in total. The highest BCUT2D eigenvalue weighted by atomic mass is 16.6. The van der Waals surface area contributed by atoms with Crippen LogP contribution in [0.15, 0.2) is 35.3 Å². The smallest absolute Gasteiger partial charge is 0.410 e. The van der Waals surface area contributed by atoms with E-state index < -0.39 is 24.2 Å². The molecule has 0 aliphatic carbocycles. The summed E-state index contributed by atoms with van der Waals surface area (Å²) in [6, 6.07) is 9.88. The Balaban J connectivity index is 2.57. The molecule has 0 unspecified atom stereocenters. The van der Waals surface area contributed by atoms with E-state index in [4.69, 9.17) is 9.84 Å². The van der Waals surface area contributed by atoms with Crippen LogP contribution in [0.2, 0.25) is 0 Å². The SMILES string of the molecule is C[C@@H](N=CCCN(CC(=O)O)C(=O)OC(C)(C)C)c1ccccc1. The zero-order valence-electron chi connectivity index (χ0n) is 14.7. The van der Waals surface area contributed by atoms with Crippen molar-refractivity contribution in [3.8, 4) is 0 Å². The number of rotatable bonds is 7. The average Bonchev–Trinajstić information content (AvgIpc) is 2.48. The van der Waals surface area contributed by atoms with Gasteiger partial charge in [0.25, 0.3) is 0 Å². The molecule has 0 aliphatic rings. The molecular weight excluding hydrogens is 308 g/mol. The normalized spacial score (nSPS) is 12.8. The van der Waals surface area contributed by atoms with Gasteiger partial charge in [-0.3, -0.25) is 14.7 Å². The Bertz CT molecular complexity index is 564. The number of hydrogen-bond acceptors (Lipinski definition) is 4. The second-order valence-corrected chi connectivity index (χ2v) is 6.50. The highest BCUT2D eigenvalue weighted by Gasteiger charge is 2.23. The molecule has 0 aromatic heterocycles. The Labute approximate surface area is 143 Å². The number of aliphatic carboxylic acids is 1. The number of carboxylic acids is 1. The molecule has 1 amide bonds. The van der Waals surface area contributed by atoms with Crippen molar-refractivity contribution in [2.45, 2.75) is 45.8 Å². The number of ether oxygens (including phenoxy) is 1. The Morgan fingerprint density at radius 1 is 1.29 bits per heavy atom. The fraction of sp³-hybridized carbons (Fsp3) is 0.500. The van der Waals surface area contributed by atoms with Crippen LogP contribution >= 0.6 is 0 Å². The molecule has 132 valence electrons. The van der Waals surface area contributed by atoms with E-state index in [2.05, 4.69) is 4.99 Å². The summed E-state index contributed by atoms with van der Waals surface area (Å²) < 4.78 is 5.23. The van der Waals surface area contributed by atoms with E-state index in [-0.39, 0.29) is 12.6 Å². The lowest BCUT2D eigenvalue weighted by atomic mass is 10.1. The summed E-state index contributed by atoms with van der Waals surface area (Å²) in [6.45, 7) is 7.06. The number of carbonyl (C=O) groups is 2. The molecule has 6 heteroatoms. The fourth-order valence-electron chi connectivity index (χ4n) is 1.99. The quantitative estimate of drug-likeness (QED) is 0.774. The second-order valence-electron chi connectivity index (χ2n) is 6.50. The molecule has 1 aromatic rings. The number of carboxylic acid groups (broad SMARTS) is 1. The summed E-state index contributed by atoms with van der Waals surface area (Å²) in [5.41, 5.74) is 0.437. The molecule has 1 N–H and O–H groups in total. The first-order valence-corrected chi connectivity index (χ1v) is 7.95. The topological polar surface area (TPSA) is 79.2 Å². The van der Waals surface area contributed by atoms with E-state index in [1.54, 1.807) is 27.0 Å². The Morgan fingerprint density at radius 2 is 1.92 bits per heavy atom. The van der Waals surface area contributed by atoms with Crippen LogP contribution in [0.5, 0.6) is 0 Å². The molecule has 1 rings (SSSR count). The standard InChI is InChI=1S/C18H26N2O4/c1-14(15-9-6-5-7-10-15)19-11-8-12-20(13-16(21)22)17(23)24-18(2,3)4/h5-7,9-11,14H,8,12-13H2,1-4H3,(H,21,22)/t14-/m1/s1. The molecule has 0 aliphatic heterocycles. The first-order chi connectivity index (χ1) is 11.2. The molecule has 0 bridgehead atoms. The van der Waals surface area contributed by atoms with Crippen LogP contribution in [0.25, 0.3) is 0 Å². The van der Waals surface area contributed by atoms with Crippen molar-refractivity contribution in [1.29, 1.82) is 0 Å². The monoisotopic (exact) mass is 334 g/mol. The van der Waals surface area contributed by atoms with Crippen LogP contribution in [0, 0.1) is 0 Å². The third kappa shape index (κ3) is 7.76. The molecule has 0 radical (unpaired) electrons. The fourth-order valence-corrected chi connectivity index (χ4v) is 1.99. The molecule has 0 saturated carbocycles. The van der Waals surface area contributed by atoms with Gasteiger partial charge in [0.1, 0.15) is 12.1 Å². The van der Waals surface area contributed by atoms with Gasteiger partial charge in [-0.05, 0) is 33.3 Å². The van der Waals surface area contributed by atoms with Crippen LogP contribution in [-0.4, -0.2) is 47.0 Å². The minimum Gasteiger partial charge on any atom is -0.480 e. The number of nitrogens with zero attached hydrogens (tertiary/aromatic N) is 2. The molecule has 24 heavy (non-hydrogen) atoms. The summed E-state index contributed by atoms with van der Waals surface area (Å²) in [4.78, 5) is 28.6. The molecule has 0 heterocycles. The van der Waals surface area contributed by atoms with Crippen molar-refractivity contribution in [2.75, 3.05) is 13.1 Å². The van der Waals surface area contributed by atoms with Crippen molar-refractivity contribution >= 4 is 18.3 Å². The van der Waals surface area contributed by atoms with E-state index in [1.807, 2.05) is 37.3 Å². The molecule has 0 saturated heterocycles. The maximum Gasteiger partial charge on any atom is 0.410 e.